The number of nitrogens with one attached hydrogen (secondary N) is 1. The molecule has 35 heavy (non-hydrogen) atoms. The lowest BCUT2D eigenvalue weighted by atomic mass is 10.1. The summed E-state index contributed by atoms with van der Waals surface area (Å²) in [5, 5.41) is 4.01. The molecule has 0 aliphatic carbocycles. The quantitative estimate of drug-likeness (QED) is 0.451. The lowest BCUT2D eigenvalue weighted by molar-refractivity contribution is 0.0996. The number of rotatable bonds is 8. The van der Waals surface area contributed by atoms with Crippen LogP contribution in [0.15, 0.2) is 27.9 Å². The fourth-order valence-electron chi connectivity index (χ4n) is 4.10. The topological polar surface area (TPSA) is 157 Å². The second kappa shape index (κ2) is 9.76. The SMILES string of the molecule is CCCOc1ccc(S(=O)(=O)N2CCN(CC)CC2)cc1-c1nc2c(C(N)=O)nn(C)c2c(=O)[nH]1. The third-order valence-corrected chi connectivity index (χ3v) is 7.90. The predicted molar refractivity (Wildman–Crippen MR) is 130 cm³/mol. The molecular formula is C22H29N7O5S. The van der Waals surface area contributed by atoms with Gasteiger partial charge in [0, 0.05) is 33.2 Å². The maximum Gasteiger partial charge on any atom is 0.277 e. The van der Waals surface area contributed by atoms with Crippen LogP contribution in [-0.2, 0) is 17.1 Å². The van der Waals surface area contributed by atoms with Gasteiger partial charge >= 0.3 is 0 Å². The van der Waals surface area contributed by atoms with Gasteiger partial charge in [0.05, 0.1) is 17.1 Å². The minimum Gasteiger partial charge on any atom is -0.493 e. The Bertz CT molecular complexity index is 1420. The van der Waals surface area contributed by atoms with Crippen molar-refractivity contribution in [3.63, 3.8) is 0 Å². The fraction of sp³-hybridized carbons (Fsp3) is 0.455. The van der Waals surface area contributed by atoms with Gasteiger partial charge in [-0.15, -0.1) is 0 Å². The normalized spacial score (nSPS) is 15.5. The van der Waals surface area contributed by atoms with Crippen LogP contribution in [0.25, 0.3) is 22.4 Å². The van der Waals surface area contributed by atoms with E-state index in [0.29, 0.717) is 38.5 Å². The van der Waals surface area contributed by atoms with Gasteiger partial charge < -0.3 is 20.4 Å². The largest absolute Gasteiger partial charge is 0.493 e. The van der Waals surface area contributed by atoms with Crippen molar-refractivity contribution in [1.82, 2.24) is 29.0 Å². The highest BCUT2D eigenvalue weighted by molar-refractivity contribution is 7.89. The Labute approximate surface area is 202 Å². The average molecular weight is 504 g/mol. The molecule has 1 aromatic carbocycles. The Kier molecular flexibility index (Phi) is 6.92. The standard InChI is InChI=1S/C22H29N7O5S/c1-4-12-34-16-7-6-14(35(32,33)29-10-8-28(5-2)9-11-29)13-15(16)21-24-17-18(20(23)30)26-27(3)19(17)22(31)25-21/h6-7,13H,4-5,8-12H2,1-3H3,(H2,23,30)(H,24,25,31). The molecule has 3 aromatic rings. The van der Waals surface area contributed by atoms with E-state index < -0.39 is 21.5 Å². The Morgan fingerprint density at radius 3 is 2.54 bits per heavy atom. The Morgan fingerprint density at radius 1 is 1.20 bits per heavy atom. The van der Waals surface area contributed by atoms with Gasteiger partial charge in [-0.05, 0) is 31.2 Å². The van der Waals surface area contributed by atoms with Crippen LogP contribution in [0.5, 0.6) is 5.75 Å². The van der Waals surface area contributed by atoms with E-state index in [0.717, 1.165) is 13.0 Å². The van der Waals surface area contributed by atoms with Gasteiger partial charge in [-0.25, -0.2) is 13.4 Å². The lowest BCUT2D eigenvalue weighted by Gasteiger charge is -2.33. The Balaban J connectivity index is 1.84. The first-order valence-electron chi connectivity index (χ1n) is 11.4. The number of benzene rings is 1. The van der Waals surface area contributed by atoms with Crippen molar-refractivity contribution in [2.45, 2.75) is 25.2 Å². The number of fused-ring (bicyclic) bond motifs is 1. The zero-order valence-electron chi connectivity index (χ0n) is 19.9. The Hall–Kier alpha value is -3.29. The number of hydrogen-bond donors (Lipinski definition) is 2. The van der Waals surface area contributed by atoms with E-state index in [-0.39, 0.29) is 33.0 Å². The minimum absolute atomic E-state index is 0.0316. The third kappa shape index (κ3) is 4.66. The zero-order valence-corrected chi connectivity index (χ0v) is 20.8. The highest BCUT2D eigenvalue weighted by Crippen LogP contribution is 2.32. The number of likely N-dealkylation sites (N-methyl/N-ethyl adjacent to an activating group) is 1. The molecule has 1 fully saturated rings. The van der Waals surface area contributed by atoms with Crippen LogP contribution < -0.4 is 16.0 Å². The van der Waals surface area contributed by atoms with Gasteiger partial charge in [0.25, 0.3) is 11.5 Å². The van der Waals surface area contributed by atoms with Gasteiger partial charge in [0.2, 0.25) is 10.0 Å². The fourth-order valence-corrected chi connectivity index (χ4v) is 5.55. The van der Waals surface area contributed by atoms with Crippen molar-refractivity contribution in [2.75, 3.05) is 39.3 Å². The Morgan fingerprint density at radius 2 is 1.91 bits per heavy atom. The maximum absolute atomic E-state index is 13.4. The van der Waals surface area contributed by atoms with Crippen molar-refractivity contribution >= 4 is 27.0 Å². The maximum atomic E-state index is 13.4. The molecule has 0 saturated carbocycles. The van der Waals surface area contributed by atoms with Crippen molar-refractivity contribution in [3.8, 4) is 17.1 Å². The van der Waals surface area contributed by atoms with E-state index in [2.05, 4.69) is 20.0 Å². The molecule has 1 saturated heterocycles. The molecule has 0 radical (unpaired) electrons. The van der Waals surface area contributed by atoms with E-state index in [1.807, 2.05) is 13.8 Å². The third-order valence-electron chi connectivity index (χ3n) is 6.01. The molecule has 1 amide bonds. The van der Waals surface area contributed by atoms with Crippen molar-refractivity contribution in [2.24, 2.45) is 12.8 Å². The number of carbonyl (C=O) groups excluding carboxylic acids is 1. The second-order valence-electron chi connectivity index (χ2n) is 8.29. The zero-order chi connectivity index (χ0) is 25.3. The van der Waals surface area contributed by atoms with Crippen LogP contribution in [0.3, 0.4) is 0 Å². The molecule has 1 aliphatic rings. The predicted octanol–water partition coefficient (Wildman–Crippen LogP) is 0.538. The number of aryl methyl sites for hydroxylation is 1. The van der Waals surface area contributed by atoms with E-state index >= 15 is 0 Å². The van der Waals surface area contributed by atoms with Crippen molar-refractivity contribution < 1.29 is 17.9 Å². The number of aromatic nitrogens is 4. The number of nitrogens with zero attached hydrogens (tertiary/aromatic N) is 5. The molecular weight excluding hydrogens is 474 g/mol. The summed E-state index contributed by atoms with van der Waals surface area (Å²) in [6, 6.07) is 4.49. The number of ether oxygens (including phenoxy) is 1. The summed E-state index contributed by atoms with van der Waals surface area (Å²) in [5.74, 6) is -0.421. The monoisotopic (exact) mass is 503 g/mol. The number of carbonyl (C=O) groups is 1. The highest BCUT2D eigenvalue weighted by atomic mass is 32.2. The summed E-state index contributed by atoms with van der Waals surface area (Å²) in [4.78, 5) is 34.1. The average Bonchev–Trinajstić information content (AvgIpc) is 3.19. The van der Waals surface area contributed by atoms with E-state index in [9.17, 15) is 18.0 Å². The van der Waals surface area contributed by atoms with Crippen LogP contribution in [0, 0.1) is 0 Å². The number of sulfonamides is 1. The van der Waals surface area contributed by atoms with Crippen molar-refractivity contribution in [3.05, 3.63) is 34.2 Å². The molecule has 3 N–H and O–H groups in total. The molecule has 3 heterocycles. The number of piperazine rings is 1. The van der Waals surface area contributed by atoms with E-state index in [1.54, 1.807) is 6.07 Å². The first kappa shape index (κ1) is 24.8. The smallest absolute Gasteiger partial charge is 0.277 e. The number of nitrogens with two attached hydrogens (primary N) is 1. The van der Waals surface area contributed by atoms with E-state index in [1.165, 1.54) is 28.2 Å². The number of H-pyrrole nitrogens is 1. The molecule has 0 spiro atoms. The van der Waals surface area contributed by atoms with Crippen LogP contribution in [-0.4, -0.2) is 82.6 Å². The molecule has 0 atom stereocenters. The molecule has 1 aliphatic heterocycles. The number of amides is 1. The van der Waals surface area contributed by atoms with Crippen LogP contribution >= 0.6 is 0 Å². The molecule has 4 rings (SSSR count). The van der Waals surface area contributed by atoms with Gasteiger partial charge in [0.1, 0.15) is 17.1 Å². The summed E-state index contributed by atoms with van der Waals surface area (Å²) in [7, 11) is -2.28. The molecule has 2 aromatic heterocycles. The first-order chi connectivity index (χ1) is 16.7. The molecule has 12 nitrogen and oxygen atoms in total. The van der Waals surface area contributed by atoms with Gasteiger partial charge in [-0.2, -0.15) is 9.40 Å². The molecule has 0 bridgehead atoms. The van der Waals surface area contributed by atoms with Crippen LogP contribution in [0.1, 0.15) is 30.8 Å². The summed E-state index contributed by atoms with van der Waals surface area (Å²) in [6.07, 6.45) is 0.721. The number of primary amides is 1. The summed E-state index contributed by atoms with van der Waals surface area (Å²) < 4.78 is 35.3. The second-order valence-corrected chi connectivity index (χ2v) is 10.2. The summed E-state index contributed by atoms with van der Waals surface area (Å²) >= 11 is 0. The van der Waals surface area contributed by atoms with Crippen molar-refractivity contribution in [1.29, 1.82) is 0 Å². The van der Waals surface area contributed by atoms with Crippen LogP contribution in [0.2, 0.25) is 0 Å². The molecule has 13 heteroatoms. The lowest BCUT2D eigenvalue weighted by Crippen LogP contribution is -2.48. The first-order valence-corrected chi connectivity index (χ1v) is 12.9. The number of aromatic amines is 1. The van der Waals surface area contributed by atoms with E-state index in [4.69, 9.17) is 10.5 Å². The minimum atomic E-state index is -3.79. The highest BCUT2D eigenvalue weighted by Gasteiger charge is 2.29. The molecule has 188 valence electrons. The molecule has 0 unspecified atom stereocenters. The summed E-state index contributed by atoms with van der Waals surface area (Å²) in [5.41, 5.74) is 5.13. The summed E-state index contributed by atoms with van der Waals surface area (Å²) in [6.45, 7) is 7.31. The van der Waals surface area contributed by atoms with Crippen LogP contribution in [0.4, 0.5) is 0 Å². The van der Waals surface area contributed by atoms with Gasteiger partial charge in [0.15, 0.2) is 11.2 Å². The number of hydrogen-bond acceptors (Lipinski definition) is 8. The van der Waals surface area contributed by atoms with Gasteiger partial charge in [-0.1, -0.05) is 13.8 Å². The van der Waals surface area contributed by atoms with Gasteiger partial charge in [-0.3, -0.25) is 14.3 Å².